The maximum Gasteiger partial charge on any atom is 0.263 e. The number of aryl methyl sites for hydroxylation is 2. The minimum Gasteiger partial charge on any atom is -0.355 e. The molecular formula is C21H27N7O2S. The van der Waals surface area contributed by atoms with Crippen molar-refractivity contribution >= 4 is 28.2 Å². The van der Waals surface area contributed by atoms with Gasteiger partial charge in [0.2, 0.25) is 5.91 Å². The van der Waals surface area contributed by atoms with Crippen LogP contribution >= 0.6 is 11.3 Å². The first-order valence-electron chi connectivity index (χ1n) is 10.4. The fraction of sp³-hybridized carbons (Fsp3) is 0.524. The predicted octanol–water partition coefficient (Wildman–Crippen LogP) is 3.75. The molecule has 1 saturated heterocycles. The quantitative estimate of drug-likeness (QED) is 0.652. The van der Waals surface area contributed by atoms with Crippen LogP contribution in [0.4, 0.5) is 10.9 Å². The average Bonchev–Trinajstić information content (AvgIpc) is 3.37. The Hall–Kier alpha value is -2.88. The lowest BCUT2D eigenvalue weighted by molar-refractivity contribution is -0.120. The lowest BCUT2D eigenvalue weighted by Crippen LogP contribution is -2.41. The van der Waals surface area contributed by atoms with Crippen molar-refractivity contribution < 1.29 is 9.32 Å². The molecule has 1 atom stereocenters. The molecule has 10 heteroatoms. The van der Waals surface area contributed by atoms with E-state index in [1.54, 1.807) is 13.1 Å². The molecule has 4 heterocycles. The second-order valence-corrected chi connectivity index (χ2v) is 9.72. The number of nitrogens with one attached hydrogen (secondary N) is 1. The molecule has 0 saturated carbocycles. The summed E-state index contributed by atoms with van der Waals surface area (Å²) >= 11 is 1.47. The first kappa shape index (κ1) is 21.4. The predicted molar refractivity (Wildman–Crippen MR) is 119 cm³/mol. The van der Waals surface area contributed by atoms with E-state index in [2.05, 4.69) is 56.1 Å². The van der Waals surface area contributed by atoms with Crippen molar-refractivity contribution in [2.75, 3.05) is 23.3 Å². The third-order valence-electron chi connectivity index (χ3n) is 5.24. The molecule has 0 bridgehead atoms. The Bertz CT molecular complexity index is 1090. The van der Waals surface area contributed by atoms with E-state index in [1.165, 1.54) is 11.3 Å². The molecule has 9 nitrogen and oxygen atoms in total. The second kappa shape index (κ2) is 8.33. The van der Waals surface area contributed by atoms with Gasteiger partial charge in [-0.1, -0.05) is 25.9 Å². The van der Waals surface area contributed by atoms with Gasteiger partial charge in [-0.2, -0.15) is 4.98 Å². The maximum absolute atomic E-state index is 13.0. The molecule has 0 aliphatic carbocycles. The van der Waals surface area contributed by atoms with E-state index in [4.69, 9.17) is 4.52 Å². The van der Waals surface area contributed by atoms with Gasteiger partial charge < -0.3 is 14.7 Å². The maximum atomic E-state index is 13.0. The smallest absolute Gasteiger partial charge is 0.263 e. The zero-order valence-corrected chi connectivity index (χ0v) is 19.3. The Balaban J connectivity index is 1.52. The van der Waals surface area contributed by atoms with Crippen LogP contribution in [0.3, 0.4) is 0 Å². The molecule has 0 spiro atoms. The Morgan fingerprint density at radius 2 is 2.03 bits per heavy atom. The Morgan fingerprint density at radius 3 is 2.71 bits per heavy atom. The molecule has 1 amide bonds. The number of nitrogens with zero attached hydrogens (tertiary/aromatic N) is 6. The van der Waals surface area contributed by atoms with Crippen LogP contribution in [0.5, 0.6) is 0 Å². The van der Waals surface area contributed by atoms with Crippen LogP contribution in [0.25, 0.3) is 11.5 Å². The van der Waals surface area contributed by atoms with Crippen LogP contribution < -0.4 is 10.2 Å². The number of hydrogen-bond donors (Lipinski definition) is 1. The van der Waals surface area contributed by atoms with Gasteiger partial charge in [-0.3, -0.25) is 4.79 Å². The molecule has 0 aromatic carbocycles. The molecule has 3 aromatic rings. The number of aromatic nitrogens is 5. The van der Waals surface area contributed by atoms with Gasteiger partial charge in [-0.15, -0.1) is 11.3 Å². The molecule has 1 fully saturated rings. The van der Waals surface area contributed by atoms with E-state index in [-0.39, 0.29) is 17.2 Å². The fourth-order valence-electron chi connectivity index (χ4n) is 3.52. The van der Waals surface area contributed by atoms with Gasteiger partial charge in [-0.05, 0) is 26.7 Å². The Labute approximate surface area is 185 Å². The van der Waals surface area contributed by atoms with Crippen LogP contribution in [0.2, 0.25) is 0 Å². The third-order valence-corrected chi connectivity index (χ3v) is 6.00. The van der Waals surface area contributed by atoms with Gasteiger partial charge in [0.1, 0.15) is 17.2 Å². The molecule has 0 radical (unpaired) electrons. The van der Waals surface area contributed by atoms with Crippen LogP contribution in [-0.4, -0.2) is 44.1 Å². The molecule has 31 heavy (non-hydrogen) atoms. The first-order chi connectivity index (χ1) is 14.7. The molecule has 4 rings (SSSR count). The summed E-state index contributed by atoms with van der Waals surface area (Å²) in [6.07, 6.45) is 3.41. The average molecular weight is 442 g/mol. The molecule has 1 aliphatic rings. The number of piperidine rings is 1. The van der Waals surface area contributed by atoms with Crippen LogP contribution in [0, 0.1) is 19.8 Å². The minimum absolute atomic E-state index is 0.0135. The number of amides is 1. The van der Waals surface area contributed by atoms with Crippen LogP contribution in [-0.2, 0) is 10.2 Å². The summed E-state index contributed by atoms with van der Waals surface area (Å²) in [6.45, 7) is 11.3. The van der Waals surface area contributed by atoms with Crippen LogP contribution in [0.1, 0.15) is 51.0 Å². The lowest BCUT2D eigenvalue weighted by Gasteiger charge is -2.33. The van der Waals surface area contributed by atoms with Crippen molar-refractivity contribution in [1.82, 2.24) is 25.1 Å². The highest BCUT2D eigenvalue weighted by molar-refractivity contribution is 7.13. The standard InChI is InChI=1S/C21H27N7O2S/c1-12-22-9-15(19-24-13(2)27-30-19)17(23-12)28-8-6-7-14(10-28)18(29)26-20-25-16(11-31-20)21(3,4)5/h9,11,14H,6-8,10H2,1-5H3,(H,25,26,29). The normalized spacial score (nSPS) is 17.1. The van der Waals surface area contributed by atoms with E-state index in [1.807, 2.05) is 12.3 Å². The van der Waals surface area contributed by atoms with E-state index in [0.717, 1.165) is 30.9 Å². The minimum atomic E-state index is -0.164. The monoisotopic (exact) mass is 441 g/mol. The van der Waals surface area contributed by atoms with E-state index in [9.17, 15) is 4.79 Å². The highest BCUT2D eigenvalue weighted by Crippen LogP contribution is 2.32. The number of thiazole rings is 1. The molecule has 164 valence electrons. The van der Waals surface area contributed by atoms with Gasteiger partial charge in [-0.25, -0.2) is 15.0 Å². The number of carbonyl (C=O) groups excluding carboxylic acids is 1. The largest absolute Gasteiger partial charge is 0.355 e. The van der Waals surface area contributed by atoms with Gasteiger partial charge in [0.15, 0.2) is 11.0 Å². The third kappa shape index (κ3) is 4.73. The van der Waals surface area contributed by atoms with Crippen molar-refractivity contribution in [2.45, 2.75) is 52.9 Å². The van der Waals surface area contributed by atoms with E-state index >= 15 is 0 Å². The van der Waals surface area contributed by atoms with Crippen molar-refractivity contribution in [3.05, 3.63) is 28.9 Å². The van der Waals surface area contributed by atoms with Gasteiger partial charge in [0.05, 0.1) is 11.6 Å². The highest BCUT2D eigenvalue weighted by atomic mass is 32.1. The van der Waals surface area contributed by atoms with Crippen molar-refractivity contribution in [2.24, 2.45) is 5.92 Å². The zero-order chi connectivity index (χ0) is 22.2. The van der Waals surface area contributed by atoms with E-state index < -0.39 is 0 Å². The lowest BCUT2D eigenvalue weighted by atomic mass is 9.93. The summed E-state index contributed by atoms with van der Waals surface area (Å²) in [4.78, 5) is 32.9. The first-order valence-corrected chi connectivity index (χ1v) is 11.2. The summed E-state index contributed by atoms with van der Waals surface area (Å²) in [5, 5.41) is 9.54. The SMILES string of the molecule is Cc1noc(-c2cnc(C)nc2N2CCCC(C(=O)Nc3nc(C(C)(C)C)cs3)C2)n1. The topological polar surface area (TPSA) is 110 Å². The molecule has 1 aliphatic heterocycles. The van der Waals surface area contributed by atoms with Crippen molar-refractivity contribution in [3.8, 4) is 11.5 Å². The second-order valence-electron chi connectivity index (χ2n) is 8.86. The molecule has 1 unspecified atom stereocenters. The highest BCUT2D eigenvalue weighted by Gasteiger charge is 2.30. The van der Waals surface area contributed by atoms with Gasteiger partial charge in [0.25, 0.3) is 5.89 Å². The molecule has 1 N–H and O–H groups in total. The Morgan fingerprint density at radius 1 is 1.23 bits per heavy atom. The number of rotatable bonds is 4. The van der Waals surface area contributed by atoms with Crippen LogP contribution in [0.15, 0.2) is 16.1 Å². The summed E-state index contributed by atoms with van der Waals surface area (Å²) < 4.78 is 5.35. The summed E-state index contributed by atoms with van der Waals surface area (Å²) in [5.74, 6) is 2.13. The van der Waals surface area contributed by atoms with Crippen molar-refractivity contribution in [1.29, 1.82) is 0 Å². The summed E-state index contributed by atoms with van der Waals surface area (Å²) in [6, 6.07) is 0. The summed E-state index contributed by atoms with van der Waals surface area (Å²) in [5.41, 5.74) is 1.62. The molecule has 3 aromatic heterocycles. The Kier molecular flexibility index (Phi) is 5.74. The van der Waals surface area contributed by atoms with Crippen molar-refractivity contribution in [3.63, 3.8) is 0 Å². The number of anilines is 2. The van der Waals surface area contributed by atoms with Gasteiger partial charge >= 0.3 is 0 Å². The number of carbonyl (C=O) groups is 1. The van der Waals surface area contributed by atoms with Gasteiger partial charge in [0, 0.05) is 30.1 Å². The molecular weight excluding hydrogens is 414 g/mol. The fourth-order valence-corrected chi connectivity index (χ4v) is 4.46. The zero-order valence-electron chi connectivity index (χ0n) is 18.5. The number of hydrogen-bond acceptors (Lipinski definition) is 9. The van der Waals surface area contributed by atoms with E-state index in [0.29, 0.717) is 34.8 Å². The summed E-state index contributed by atoms with van der Waals surface area (Å²) in [7, 11) is 0.